The zero-order valence-corrected chi connectivity index (χ0v) is 32.9. The number of rotatable bonds is 27. The van der Waals surface area contributed by atoms with Crippen molar-refractivity contribution in [2.24, 2.45) is 0 Å². The van der Waals surface area contributed by atoms with Gasteiger partial charge in [-0.25, -0.2) is 9.59 Å². The topological polar surface area (TPSA) is 71.1 Å². The van der Waals surface area contributed by atoms with Crippen LogP contribution in [0.4, 0.5) is 0 Å². The van der Waals surface area contributed by atoms with Crippen LogP contribution < -0.4 is 14.2 Å². The van der Waals surface area contributed by atoms with Crippen LogP contribution in [0.1, 0.15) is 158 Å². The summed E-state index contributed by atoms with van der Waals surface area (Å²) in [4.78, 5) is 25.6. The highest BCUT2D eigenvalue weighted by Crippen LogP contribution is 2.28. The molecule has 0 bridgehead atoms. The van der Waals surface area contributed by atoms with E-state index in [0.29, 0.717) is 30.3 Å². The molecule has 0 heterocycles. The van der Waals surface area contributed by atoms with Crippen LogP contribution in [0, 0.1) is 13.8 Å². The van der Waals surface area contributed by atoms with Crippen LogP contribution in [-0.4, -0.2) is 31.3 Å². The molecule has 6 heteroatoms. The van der Waals surface area contributed by atoms with E-state index in [4.69, 9.17) is 18.9 Å². The second-order valence-corrected chi connectivity index (χ2v) is 14.3. The third-order valence-corrected chi connectivity index (χ3v) is 9.61. The Morgan fingerprint density at radius 2 is 0.942 bits per heavy atom. The maximum Gasteiger partial charge on any atom is 0.343 e. The summed E-state index contributed by atoms with van der Waals surface area (Å²) >= 11 is 0. The lowest BCUT2D eigenvalue weighted by molar-refractivity contribution is -0.146. The van der Waals surface area contributed by atoms with Crippen LogP contribution in [0.5, 0.6) is 17.2 Å². The summed E-state index contributed by atoms with van der Waals surface area (Å²) in [5.74, 6) is 1.01. The summed E-state index contributed by atoms with van der Waals surface area (Å²) in [6.07, 6.45) is 22.1. The van der Waals surface area contributed by atoms with E-state index in [1.165, 1.54) is 96.3 Å². The molecule has 0 fully saturated rings. The number of hydrogen-bond acceptors (Lipinski definition) is 6. The first-order chi connectivity index (χ1) is 25.3. The van der Waals surface area contributed by atoms with Gasteiger partial charge in [-0.15, -0.1) is 0 Å². The van der Waals surface area contributed by atoms with Crippen molar-refractivity contribution < 1.29 is 28.5 Å². The quantitative estimate of drug-likeness (QED) is 0.0445. The minimum atomic E-state index is -0.613. The maximum atomic E-state index is 13.0. The largest absolute Gasteiger partial charge is 0.493 e. The van der Waals surface area contributed by atoms with E-state index in [9.17, 15) is 9.59 Å². The standard InChI is InChI=1S/C46H66O6/c1-6-8-10-12-14-16-17-19-21-23-33-50-44-36(3)34-41(35-37(44)4)46(48)52-43-30-26-40(27-31-43)39-24-28-42(29-25-39)51-45(47)38(5)49-32-22-20-18-15-13-11-9-7-2/h24-31,34-35,38H,6-23,32-33H2,1-5H3. The first-order valence-corrected chi connectivity index (χ1v) is 20.3. The van der Waals surface area contributed by atoms with E-state index in [1.807, 2.05) is 50.2 Å². The summed E-state index contributed by atoms with van der Waals surface area (Å²) in [5, 5.41) is 0. The molecule has 52 heavy (non-hydrogen) atoms. The van der Waals surface area contributed by atoms with Crippen molar-refractivity contribution in [3.8, 4) is 28.4 Å². The average Bonchev–Trinajstić information content (AvgIpc) is 3.14. The molecule has 0 spiro atoms. The molecule has 0 radical (unpaired) electrons. The van der Waals surface area contributed by atoms with Gasteiger partial charge in [0.05, 0.1) is 12.2 Å². The van der Waals surface area contributed by atoms with Gasteiger partial charge >= 0.3 is 11.9 Å². The molecule has 6 nitrogen and oxygen atoms in total. The summed E-state index contributed by atoms with van der Waals surface area (Å²) in [7, 11) is 0. The normalized spacial score (nSPS) is 11.7. The Hall–Kier alpha value is -3.64. The number of benzene rings is 3. The van der Waals surface area contributed by atoms with E-state index in [-0.39, 0.29) is 0 Å². The Balaban J connectivity index is 1.38. The Bertz CT molecular complexity index is 1410. The molecule has 0 aliphatic heterocycles. The lowest BCUT2D eigenvalue weighted by atomic mass is 10.0. The van der Waals surface area contributed by atoms with Gasteiger partial charge in [-0.2, -0.15) is 0 Å². The summed E-state index contributed by atoms with van der Waals surface area (Å²) in [6.45, 7) is 11.4. The minimum absolute atomic E-state index is 0.393. The predicted molar refractivity (Wildman–Crippen MR) is 214 cm³/mol. The van der Waals surface area contributed by atoms with Crippen molar-refractivity contribution in [1.82, 2.24) is 0 Å². The summed E-state index contributed by atoms with van der Waals surface area (Å²) in [6, 6.07) is 18.4. The van der Waals surface area contributed by atoms with Gasteiger partial charge in [0.15, 0.2) is 6.10 Å². The zero-order valence-electron chi connectivity index (χ0n) is 32.9. The fourth-order valence-electron chi connectivity index (χ4n) is 6.42. The predicted octanol–water partition coefficient (Wildman–Crippen LogP) is 12.9. The van der Waals surface area contributed by atoms with Gasteiger partial charge in [0, 0.05) is 6.61 Å². The molecular weight excluding hydrogens is 648 g/mol. The average molecular weight is 715 g/mol. The molecule has 0 aromatic heterocycles. The second kappa shape index (κ2) is 25.4. The highest BCUT2D eigenvalue weighted by molar-refractivity contribution is 5.92. The number of esters is 2. The third kappa shape index (κ3) is 16.4. The molecule has 1 atom stereocenters. The van der Waals surface area contributed by atoms with Gasteiger partial charge < -0.3 is 18.9 Å². The number of carbonyl (C=O) groups excluding carboxylic acids is 2. The minimum Gasteiger partial charge on any atom is -0.493 e. The van der Waals surface area contributed by atoms with Gasteiger partial charge in [0.2, 0.25) is 0 Å². The Morgan fingerprint density at radius 3 is 1.40 bits per heavy atom. The van der Waals surface area contributed by atoms with Gasteiger partial charge in [-0.3, -0.25) is 0 Å². The number of ether oxygens (including phenoxy) is 4. The van der Waals surface area contributed by atoms with Crippen LogP contribution in [0.3, 0.4) is 0 Å². The van der Waals surface area contributed by atoms with Gasteiger partial charge in [-0.05, 0) is 92.3 Å². The Labute approximate surface area is 315 Å². The first-order valence-electron chi connectivity index (χ1n) is 20.3. The molecule has 1 unspecified atom stereocenters. The van der Waals surface area contributed by atoms with Crippen molar-refractivity contribution >= 4 is 11.9 Å². The number of aryl methyl sites for hydroxylation is 2. The van der Waals surface area contributed by atoms with Crippen LogP contribution in [0.2, 0.25) is 0 Å². The van der Waals surface area contributed by atoms with Gasteiger partial charge in [0.25, 0.3) is 0 Å². The first kappa shape index (κ1) is 42.8. The van der Waals surface area contributed by atoms with E-state index in [1.54, 1.807) is 31.2 Å². The van der Waals surface area contributed by atoms with E-state index >= 15 is 0 Å². The number of hydrogen-bond donors (Lipinski definition) is 0. The monoisotopic (exact) mass is 714 g/mol. The SMILES string of the molecule is CCCCCCCCCCCCOc1c(C)cc(C(=O)Oc2ccc(-c3ccc(OC(=O)C(C)OCCCCCCCCCC)cc3)cc2)cc1C. The molecule has 0 saturated heterocycles. The highest BCUT2D eigenvalue weighted by atomic mass is 16.6. The Kier molecular flexibility index (Phi) is 20.9. The van der Waals surface area contributed by atoms with Crippen molar-refractivity contribution in [2.45, 2.75) is 156 Å². The molecule has 0 amide bonds. The molecule has 3 aromatic rings. The van der Waals surface area contributed by atoms with Crippen LogP contribution >= 0.6 is 0 Å². The van der Waals surface area contributed by atoms with Gasteiger partial charge in [0.1, 0.15) is 17.2 Å². The molecule has 0 saturated carbocycles. The van der Waals surface area contributed by atoms with Crippen molar-refractivity contribution in [3.63, 3.8) is 0 Å². The molecule has 0 N–H and O–H groups in total. The smallest absolute Gasteiger partial charge is 0.343 e. The van der Waals surface area contributed by atoms with Crippen molar-refractivity contribution in [3.05, 3.63) is 77.4 Å². The third-order valence-electron chi connectivity index (χ3n) is 9.61. The molecule has 3 rings (SSSR count). The van der Waals surface area contributed by atoms with E-state index in [2.05, 4.69) is 13.8 Å². The lowest BCUT2D eigenvalue weighted by Gasteiger charge is -2.14. The summed E-state index contributed by atoms with van der Waals surface area (Å²) in [5.41, 5.74) is 4.28. The lowest BCUT2D eigenvalue weighted by Crippen LogP contribution is -2.26. The Morgan fingerprint density at radius 1 is 0.538 bits per heavy atom. The van der Waals surface area contributed by atoms with Crippen molar-refractivity contribution in [2.75, 3.05) is 13.2 Å². The fraction of sp³-hybridized carbons (Fsp3) is 0.565. The molecule has 286 valence electrons. The van der Waals surface area contributed by atoms with Crippen molar-refractivity contribution in [1.29, 1.82) is 0 Å². The molecule has 3 aromatic carbocycles. The van der Waals surface area contributed by atoms with E-state index in [0.717, 1.165) is 47.3 Å². The van der Waals surface area contributed by atoms with Crippen LogP contribution in [0.15, 0.2) is 60.7 Å². The van der Waals surface area contributed by atoms with Crippen LogP contribution in [-0.2, 0) is 9.53 Å². The molecule has 0 aliphatic carbocycles. The summed E-state index contributed by atoms with van der Waals surface area (Å²) < 4.78 is 23.1. The molecular formula is C46H66O6. The van der Waals surface area contributed by atoms with Gasteiger partial charge in [-0.1, -0.05) is 141 Å². The number of unbranched alkanes of at least 4 members (excludes halogenated alkanes) is 16. The molecule has 0 aliphatic rings. The zero-order chi connectivity index (χ0) is 37.4. The second-order valence-electron chi connectivity index (χ2n) is 14.3. The van der Waals surface area contributed by atoms with Crippen LogP contribution in [0.25, 0.3) is 11.1 Å². The van der Waals surface area contributed by atoms with E-state index < -0.39 is 18.0 Å². The fourth-order valence-corrected chi connectivity index (χ4v) is 6.42. The number of carbonyl (C=O) groups is 2. The maximum absolute atomic E-state index is 13.0. The highest BCUT2D eigenvalue weighted by Gasteiger charge is 2.17.